The highest BCUT2D eigenvalue weighted by Gasteiger charge is 2.18. The molecule has 1 aromatic heterocycles. The molecule has 0 radical (unpaired) electrons. The Morgan fingerprint density at radius 2 is 2.42 bits per heavy atom. The summed E-state index contributed by atoms with van der Waals surface area (Å²) < 4.78 is 7.56. The molecule has 0 amide bonds. The molecule has 1 aliphatic heterocycles. The molecule has 1 aliphatic rings. The van der Waals surface area contributed by atoms with E-state index in [1.54, 1.807) is 0 Å². The van der Waals surface area contributed by atoms with Crippen LogP contribution in [0.2, 0.25) is 0 Å². The van der Waals surface area contributed by atoms with Gasteiger partial charge in [0, 0.05) is 44.7 Å². The Kier molecular flexibility index (Phi) is 5.66. The minimum Gasteiger partial charge on any atom is -0.382 e. The lowest BCUT2D eigenvalue weighted by atomic mass is 10.1. The van der Waals surface area contributed by atoms with E-state index in [1.165, 1.54) is 19.4 Å². The molecule has 1 N–H and O–H groups in total. The molecule has 0 aromatic carbocycles. The Morgan fingerprint density at radius 3 is 3.21 bits per heavy atom. The van der Waals surface area contributed by atoms with Crippen molar-refractivity contribution < 1.29 is 4.74 Å². The predicted molar refractivity (Wildman–Crippen MR) is 77.5 cm³/mol. The van der Waals surface area contributed by atoms with E-state index in [-0.39, 0.29) is 0 Å². The zero-order chi connectivity index (χ0) is 13.5. The summed E-state index contributed by atoms with van der Waals surface area (Å²) in [4.78, 5) is 6.81. The van der Waals surface area contributed by atoms with Crippen molar-refractivity contribution in [3.63, 3.8) is 0 Å². The zero-order valence-electron chi connectivity index (χ0n) is 12.1. The highest BCUT2D eigenvalue weighted by molar-refractivity contribution is 5.28. The average Bonchev–Trinajstić information content (AvgIpc) is 2.82. The summed E-state index contributed by atoms with van der Waals surface area (Å²) in [6.45, 7) is 6.92. The Bertz CT molecular complexity index is 366. The Balaban J connectivity index is 1.81. The fourth-order valence-electron chi connectivity index (χ4n) is 2.58. The molecule has 2 rings (SSSR count). The fraction of sp³-hybridized carbons (Fsp3) is 0.786. The summed E-state index contributed by atoms with van der Waals surface area (Å²) in [5.74, 6) is 0.997. The van der Waals surface area contributed by atoms with E-state index < -0.39 is 0 Å². The number of likely N-dealkylation sites (N-methyl/N-ethyl adjacent to an activating group) is 1. The standard InChI is InChI=1S/C14H26N4O/c1-3-19-11-5-9-18-10-7-15-14(18)16-13-6-4-8-17(2)12-13/h7,10,13H,3-6,8-9,11-12H2,1-2H3,(H,15,16). The second-order valence-electron chi connectivity index (χ2n) is 5.24. The predicted octanol–water partition coefficient (Wildman–Crippen LogP) is 1.82. The van der Waals surface area contributed by atoms with Crippen LogP contribution >= 0.6 is 0 Å². The third-order valence-electron chi connectivity index (χ3n) is 3.57. The normalized spacial score (nSPS) is 20.6. The number of anilines is 1. The van der Waals surface area contributed by atoms with Crippen molar-refractivity contribution in [2.45, 2.75) is 38.8 Å². The zero-order valence-corrected chi connectivity index (χ0v) is 12.1. The fourth-order valence-corrected chi connectivity index (χ4v) is 2.58. The number of rotatable bonds is 7. The van der Waals surface area contributed by atoms with E-state index >= 15 is 0 Å². The van der Waals surface area contributed by atoms with E-state index in [2.05, 4.69) is 26.8 Å². The minimum atomic E-state index is 0.520. The van der Waals surface area contributed by atoms with Gasteiger partial charge in [-0.3, -0.25) is 0 Å². The molecule has 1 atom stereocenters. The highest BCUT2D eigenvalue weighted by Crippen LogP contribution is 2.14. The maximum Gasteiger partial charge on any atom is 0.203 e. The monoisotopic (exact) mass is 266 g/mol. The van der Waals surface area contributed by atoms with E-state index in [0.717, 1.165) is 38.7 Å². The number of ether oxygens (including phenoxy) is 1. The van der Waals surface area contributed by atoms with Crippen molar-refractivity contribution in [2.24, 2.45) is 0 Å². The van der Waals surface area contributed by atoms with E-state index in [0.29, 0.717) is 6.04 Å². The van der Waals surface area contributed by atoms with Crippen LogP contribution in [-0.2, 0) is 11.3 Å². The molecule has 0 spiro atoms. The van der Waals surface area contributed by atoms with Crippen LogP contribution in [0.1, 0.15) is 26.2 Å². The molecule has 1 fully saturated rings. The molecule has 5 nitrogen and oxygen atoms in total. The first-order chi connectivity index (χ1) is 9.29. The van der Waals surface area contributed by atoms with Crippen LogP contribution in [0.15, 0.2) is 12.4 Å². The van der Waals surface area contributed by atoms with Crippen molar-refractivity contribution in [3.8, 4) is 0 Å². The van der Waals surface area contributed by atoms with Gasteiger partial charge in [-0.2, -0.15) is 0 Å². The molecular weight excluding hydrogens is 240 g/mol. The lowest BCUT2D eigenvalue weighted by molar-refractivity contribution is 0.141. The number of likely N-dealkylation sites (tertiary alicyclic amines) is 1. The van der Waals surface area contributed by atoms with Crippen molar-refractivity contribution >= 4 is 5.95 Å². The number of hydrogen-bond acceptors (Lipinski definition) is 4. The van der Waals surface area contributed by atoms with Gasteiger partial charge >= 0.3 is 0 Å². The van der Waals surface area contributed by atoms with Gasteiger partial charge in [0.15, 0.2) is 0 Å². The molecule has 1 unspecified atom stereocenters. The first kappa shape index (κ1) is 14.3. The largest absolute Gasteiger partial charge is 0.382 e. The van der Waals surface area contributed by atoms with E-state index in [4.69, 9.17) is 4.74 Å². The molecular formula is C14H26N4O. The molecule has 1 aromatic rings. The van der Waals surface area contributed by atoms with Gasteiger partial charge in [-0.05, 0) is 39.8 Å². The molecule has 1 saturated heterocycles. The smallest absolute Gasteiger partial charge is 0.203 e. The van der Waals surface area contributed by atoms with Crippen molar-refractivity contribution in [1.82, 2.24) is 14.5 Å². The van der Waals surface area contributed by atoms with Gasteiger partial charge in [-0.15, -0.1) is 0 Å². The van der Waals surface area contributed by atoms with Gasteiger partial charge in [0.25, 0.3) is 0 Å². The molecule has 0 aliphatic carbocycles. The van der Waals surface area contributed by atoms with Crippen LogP contribution in [0.4, 0.5) is 5.95 Å². The number of aryl methyl sites for hydroxylation is 1. The van der Waals surface area contributed by atoms with E-state index in [1.807, 2.05) is 19.3 Å². The first-order valence-corrected chi connectivity index (χ1v) is 7.33. The van der Waals surface area contributed by atoms with Crippen LogP contribution in [0.25, 0.3) is 0 Å². The number of hydrogen-bond donors (Lipinski definition) is 1. The first-order valence-electron chi connectivity index (χ1n) is 7.33. The third-order valence-corrected chi connectivity index (χ3v) is 3.57. The highest BCUT2D eigenvalue weighted by atomic mass is 16.5. The topological polar surface area (TPSA) is 42.3 Å². The molecule has 108 valence electrons. The summed E-state index contributed by atoms with van der Waals surface area (Å²) in [6.07, 6.45) is 7.44. The van der Waals surface area contributed by atoms with Gasteiger partial charge in [-0.1, -0.05) is 0 Å². The van der Waals surface area contributed by atoms with Crippen LogP contribution in [0.3, 0.4) is 0 Å². The van der Waals surface area contributed by atoms with Gasteiger partial charge < -0.3 is 19.5 Å². The van der Waals surface area contributed by atoms with Crippen molar-refractivity contribution in [2.75, 3.05) is 38.7 Å². The third kappa shape index (κ3) is 4.51. The second kappa shape index (κ2) is 7.50. The second-order valence-corrected chi connectivity index (χ2v) is 5.24. The van der Waals surface area contributed by atoms with Crippen molar-refractivity contribution in [1.29, 1.82) is 0 Å². The summed E-state index contributed by atoms with van der Waals surface area (Å²) in [5.41, 5.74) is 0. The van der Waals surface area contributed by atoms with Gasteiger partial charge in [0.2, 0.25) is 5.95 Å². The maximum absolute atomic E-state index is 5.37. The van der Waals surface area contributed by atoms with Gasteiger partial charge in [0.05, 0.1) is 0 Å². The van der Waals surface area contributed by atoms with Crippen LogP contribution in [-0.4, -0.2) is 53.8 Å². The minimum absolute atomic E-state index is 0.520. The number of imidazole rings is 1. The molecule has 0 saturated carbocycles. The van der Waals surface area contributed by atoms with Crippen LogP contribution in [0, 0.1) is 0 Å². The lowest BCUT2D eigenvalue weighted by Crippen LogP contribution is -2.40. The summed E-state index contributed by atoms with van der Waals surface area (Å²) >= 11 is 0. The summed E-state index contributed by atoms with van der Waals surface area (Å²) in [5, 5.41) is 3.57. The Morgan fingerprint density at radius 1 is 1.53 bits per heavy atom. The average molecular weight is 266 g/mol. The maximum atomic E-state index is 5.37. The van der Waals surface area contributed by atoms with Gasteiger partial charge in [0.1, 0.15) is 0 Å². The number of aromatic nitrogens is 2. The van der Waals surface area contributed by atoms with Crippen molar-refractivity contribution in [3.05, 3.63) is 12.4 Å². The molecule has 19 heavy (non-hydrogen) atoms. The molecule has 2 heterocycles. The molecule has 5 heteroatoms. The Labute approximate surface area is 116 Å². The number of nitrogens with one attached hydrogen (secondary N) is 1. The summed E-state index contributed by atoms with van der Waals surface area (Å²) in [6, 6.07) is 0.520. The molecule has 0 bridgehead atoms. The quantitative estimate of drug-likeness (QED) is 0.764. The number of nitrogens with zero attached hydrogens (tertiary/aromatic N) is 3. The van der Waals surface area contributed by atoms with E-state index in [9.17, 15) is 0 Å². The number of piperidine rings is 1. The lowest BCUT2D eigenvalue weighted by Gasteiger charge is -2.30. The van der Waals surface area contributed by atoms with Crippen LogP contribution in [0.5, 0.6) is 0 Å². The SMILES string of the molecule is CCOCCCn1ccnc1NC1CCCN(C)C1. The van der Waals surface area contributed by atoms with Gasteiger partial charge in [-0.25, -0.2) is 4.98 Å². The summed E-state index contributed by atoms with van der Waals surface area (Å²) in [7, 11) is 2.18. The Hall–Kier alpha value is -1.07. The van der Waals surface area contributed by atoms with Crippen LogP contribution < -0.4 is 5.32 Å².